The van der Waals surface area contributed by atoms with Gasteiger partial charge in [0.25, 0.3) is 0 Å². The van der Waals surface area contributed by atoms with Gasteiger partial charge in [-0.25, -0.2) is 0 Å². The van der Waals surface area contributed by atoms with E-state index in [9.17, 15) is 14.4 Å². The van der Waals surface area contributed by atoms with Crippen LogP contribution in [0.2, 0.25) is 0 Å². The van der Waals surface area contributed by atoms with Gasteiger partial charge in [0.1, 0.15) is 19.3 Å². The molecule has 2 amide bonds. The number of nitrogens with two attached hydrogens (primary N) is 1. The van der Waals surface area contributed by atoms with E-state index in [0.717, 1.165) is 5.56 Å². The number of carbonyl (C=O) groups excluding carboxylic acids is 3. The van der Waals surface area contributed by atoms with Crippen LogP contribution in [0.5, 0.6) is 0 Å². The first kappa shape index (κ1) is 19.6. The lowest BCUT2D eigenvalue weighted by Crippen LogP contribution is -2.47. The summed E-state index contributed by atoms with van der Waals surface area (Å²) in [6.07, 6.45) is -0.341. The Kier molecular flexibility index (Phi) is 9.10. The van der Waals surface area contributed by atoms with Crippen LogP contribution in [0.3, 0.4) is 0 Å². The molecule has 1 aromatic carbocycles. The summed E-state index contributed by atoms with van der Waals surface area (Å²) >= 11 is 0. The molecule has 0 radical (unpaired) electrons. The number of esters is 1. The Hall–Kier alpha value is -2.45. The van der Waals surface area contributed by atoms with Crippen molar-refractivity contribution < 1.29 is 28.6 Å². The molecule has 0 fully saturated rings. The van der Waals surface area contributed by atoms with Crippen molar-refractivity contribution in [3.63, 3.8) is 0 Å². The fraction of sp³-hybridized carbons (Fsp3) is 0.438. The second-order valence-electron chi connectivity index (χ2n) is 4.92. The molecule has 132 valence electrons. The quantitative estimate of drug-likeness (QED) is 0.424. The van der Waals surface area contributed by atoms with Crippen molar-refractivity contribution in [3.05, 3.63) is 35.9 Å². The molecule has 24 heavy (non-hydrogen) atoms. The third-order valence-electron chi connectivity index (χ3n) is 2.96. The minimum atomic E-state index is -1.15. The van der Waals surface area contributed by atoms with Crippen molar-refractivity contribution >= 4 is 17.8 Å². The predicted octanol–water partition coefficient (Wildman–Crippen LogP) is -0.247. The molecule has 8 nitrogen and oxygen atoms in total. The van der Waals surface area contributed by atoms with Gasteiger partial charge in [0.2, 0.25) is 11.8 Å². The molecule has 0 aliphatic heterocycles. The molecule has 1 rings (SSSR count). The van der Waals surface area contributed by atoms with Gasteiger partial charge >= 0.3 is 5.97 Å². The zero-order valence-corrected chi connectivity index (χ0v) is 13.5. The Morgan fingerprint density at radius 3 is 2.50 bits per heavy atom. The first-order chi connectivity index (χ1) is 11.5. The van der Waals surface area contributed by atoms with E-state index in [1.807, 2.05) is 18.2 Å². The number of primary amides is 1. The lowest BCUT2D eigenvalue weighted by Gasteiger charge is -2.15. The number of hydrogen-bond acceptors (Lipinski definition) is 6. The average Bonchev–Trinajstić information content (AvgIpc) is 2.57. The Morgan fingerprint density at radius 2 is 1.88 bits per heavy atom. The molecular formula is C16H22N2O6. The van der Waals surface area contributed by atoms with E-state index in [-0.39, 0.29) is 26.2 Å². The van der Waals surface area contributed by atoms with Gasteiger partial charge in [-0.1, -0.05) is 30.3 Å². The maximum absolute atomic E-state index is 11.8. The molecule has 8 heteroatoms. The van der Waals surface area contributed by atoms with Crippen LogP contribution >= 0.6 is 0 Å². The van der Waals surface area contributed by atoms with Crippen LogP contribution in [0.25, 0.3) is 0 Å². The van der Waals surface area contributed by atoms with E-state index >= 15 is 0 Å². The van der Waals surface area contributed by atoms with Gasteiger partial charge in [-0.05, 0) is 5.56 Å². The van der Waals surface area contributed by atoms with Crippen molar-refractivity contribution in [2.45, 2.75) is 19.1 Å². The molecule has 0 heterocycles. The summed E-state index contributed by atoms with van der Waals surface area (Å²) in [6.45, 7) is 0.411. The highest BCUT2D eigenvalue weighted by Gasteiger charge is 2.22. The highest BCUT2D eigenvalue weighted by atomic mass is 16.5. The number of rotatable bonds is 11. The number of carbonyl (C=O) groups is 3. The first-order valence-electron chi connectivity index (χ1n) is 7.38. The summed E-state index contributed by atoms with van der Waals surface area (Å²) in [5.74, 6) is -2.01. The normalized spacial score (nSPS) is 11.5. The summed E-state index contributed by atoms with van der Waals surface area (Å²) in [5, 5.41) is 2.34. The molecule has 0 saturated heterocycles. The van der Waals surface area contributed by atoms with Gasteiger partial charge in [0.05, 0.1) is 19.6 Å². The number of ether oxygens (including phenoxy) is 3. The van der Waals surface area contributed by atoms with E-state index in [2.05, 4.69) is 5.32 Å². The largest absolute Gasteiger partial charge is 0.461 e. The van der Waals surface area contributed by atoms with Crippen LogP contribution in [0.15, 0.2) is 30.3 Å². The summed E-state index contributed by atoms with van der Waals surface area (Å²) < 4.78 is 14.8. The smallest absolute Gasteiger partial charge is 0.308 e. The van der Waals surface area contributed by atoms with Gasteiger partial charge in [0, 0.05) is 7.11 Å². The first-order valence-corrected chi connectivity index (χ1v) is 7.38. The van der Waals surface area contributed by atoms with Crippen molar-refractivity contribution in [1.82, 2.24) is 5.32 Å². The minimum absolute atomic E-state index is 0.0826. The second kappa shape index (κ2) is 11.1. The topological polar surface area (TPSA) is 117 Å². The number of nitrogens with one attached hydrogen (secondary N) is 1. The van der Waals surface area contributed by atoms with Crippen molar-refractivity contribution in [2.24, 2.45) is 5.73 Å². The minimum Gasteiger partial charge on any atom is -0.461 e. The summed E-state index contributed by atoms with van der Waals surface area (Å²) in [5.41, 5.74) is 6.01. The van der Waals surface area contributed by atoms with Crippen LogP contribution in [0, 0.1) is 0 Å². The maximum Gasteiger partial charge on any atom is 0.308 e. The van der Waals surface area contributed by atoms with E-state index in [1.165, 1.54) is 7.11 Å². The standard InChI is InChI=1S/C16H22N2O6/c1-22-7-8-23-11-14(19)18-13(16(17)21)9-15(20)24-10-12-5-3-2-4-6-12/h2-6,13H,7-11H2,1H3,(H2,17,21)(H,18,19)/t13-/m1/s1. The van der Waals surface area contributed by atoms with E-state index < -0.39 is 23.8 Å². The van der Waals surface area contributed by atoms with Gasteiger partial charge in [-0.3, -0.25) is 14.4 Å². The van der Waals surface area contributed by atoms with Gasteiger partial charge in [-0.15, -0.1) is 0 Å². The highest BCUT2D eigenvalue weighted by Crippen LogP contribution is 2.03. The summed E-state index contributed by atoms with van der Waals surface area (Å²) in [6, 6.07) is 7.94. The molecule has 0 spiro atoms. The fourth-order valence-corrected chi connectivity index (χ4v) is 1.73. The van der Waals surface area contributed by atoms with Crippen LogP contribution in [0.4, 0.5) is 0 Å². The molecule has 1 atom stereocenters. The van der Waals surface area contributed by atoms with Gasteiger partial charge < -0.3 is 25.3 Å². The predicted molar refractivity (Wildman–Crippen MR) is 84.7 cm³/mol. The molecule has 0 bridgehead atoms. The monoisotopic (exact) mass is 338 g/mol. The highest BCUT2D eigenvalue weighted by molar-refractivity contribution is 5.90. The van der Waals surface area contributed by atoms with Gasteiger partial charge in [-0.2, -0.15) is 0 Å². The molecular weight excluding hydrogens is 316 g/mol. The number of hydrogen-bond donors (Lipinski definition) is 2. The molecule has 0 aliphatic rings. The summed E-state index contributed by atoms with van der Waals surface area (Å²) in [7, 11) is 1.51. The maximum atomic E-state index is 11.8. The molecule has 3 N–H and O–H groups in total. The summed E-state index contributed by atoms with van der Waals surface area (Å²) in [4.78, 5) is 34.8. The number of benzene rings is 1. The molecule has 0 aliphatic carbocycles. The van der Waals surface area contributed by atoms with Crippen molar-refractivity contribution in [3.8, 4) is 0 Å². The Bertz CT molecular complexity index is 535. The van der Waals surface area contributed by atoms with Gasteiger partial charge in [0.15, 0.2) is 0 Å². The Balaban J connectivity index is 2.37. The van der Waals surface area contributed by atoms with Crippen molar-refractivity contribution in [1.29, 1.82) is 0 Å². The third-order valence-corrected chi connectivity index (χ3v) is 2.96. The lowest BCUT2D eigenvalue weighted by molar-refractivity contribution is -0.147. The van der Waals surface area contributed by atoms with Crippen molar-refractivity contribution in [2.75, 3.05) is 26.9 Å². The SMILES string of the molecule is COCCOCC(=O)N[C@H](CC(=O)OCc1ccccc1)C(N)=O. The van der Waals surface area contributed by atoms with E-state index in [4.69, 9.17) is 19.9 Å². The fourth-order valence-electron chi connectivity index (χ4n) is 1.73. The molecule has 0 aromatic heterocycles. The zero-order chi connectivity index (χ0) is 17.8. The van der Waals surface area contributed by atoms with Crippen LogP contribution in [-0.2, 0) is 35.2 Å². The second-order valence-corrected chi connectivity index (χ2v) is 4.92. The van der Waals surface area contributed by atoms with Crippen LogP contribution in [0.1, 0.15) is 12.0 Å². The van der Waals surface area contributed by atoms with Crippen LogP contribution < -0.4 is 11.1 Å². The van der Waals surface area contributed by atoms with Crippen LogP contribution in [-0.4, -0.2) is 50.8 Å². The number of amides is 2. The molecule has 0 saturated carbocycles. The Morgan fingerprint density at radius 1 is 1.17 bits per heavy atom. The Labute approximate surface area is 140 Å². The third kappa shape index (κ3) is 8.25. The average molecular weight is 338 g/mol. The number of methoxy groups -OCH3 is 1. The van der Waals surface area contributed by atoms with E-state index in [1.54, 1.807) is 12.1 Å². The lowest BCUT2D eigenvalue weighted by atomic mass is 10.2. The zero-order valence-electron chi connectivity index (χ0n) is 13.5. The molecule has 1 aromatic rings. The van der Waals surface area contributed by atoms with E-state index in [0.29, 0.717) is 6.61 Å². The molecule has 0 unspecified atom stereocenters.